The number of nitrogens with one attached hydrogen (secondary N) is 3. The third-order valence-electron chi connectivity index (χ3n) is 7.11. The van der Waals surface area contributed by atoms with Gasteiger partial charge in [0.2, 0.25) is 5.91 Å². The van der Waals surface area contributed by atoms with Gasteiger partial charge in [0.15, 0.2) is 5.96 Å². The van der Waals surface area contributed by atoms with Crippen molar-refractivity contribution in [1.82, 2.24) is 15.5 Å². The van der Waals surface area contributed by atoms with Crippen molar-refractivity contribution in [2.75, 3.05) is 36.4 Å². The number of halogens is 2. The molecule has 0 aromatic heterocycles. The molecule has 0 saturated carbocycles. The summed E-state index contributed by atoms with van der Waals surface area (Å²) in [7, 11) is 0. The molecule has 3 atom stereocenters. The number of carboxylic acids is 1. The van der Waals surface area contributed by atoms with Crippen LogP contribution in [0.1, 0.15) is 32.3 Å². The summed E-state index contributed by atoms with van der Waals surface area (Å²) in [4.78, 5) is 44.7. The average molecular weight is 587 g/mol. The van der Waals surface area contributed by atoms with Crippen LogP contribution < -0.4 is 20.9 Å². The van der Waals surface area contributed by atoms with Crippen molar-refractivity contribution in [3.05, 3.63) is 60.2 Å². The van der Waals surface area contributed by atoms with Gasteiger partial charge in [-0.25, -0.2) is 23.4 Å². The number of rotatable bonds is 9. The van der Waals surface area contributed by atoms with E-state index in [2.05, 4.69) is 25.8 Å². The first kappa shape index (κ1) is 30.5. The predicted molar refractivity (Wildman–Crippen MR) is 154 cm³/mol. The van der Waals surface area contributed by atoms with E-state index in [0.29, 0.717) is 18.8 Å². The zero-order valence-corrected chi connectivity index (χ0v) is 23.6. The molecule has 1 saturated heterocycles. The van der Waals surface area contributed by atoms with E-state index in [0.717, 1.165) is 11.3 Å². The first-order chi connectivity index (χ1) is 20.0. The third kappa shape index (κ3) is 8.30. The summed E-state index contributed by atoms with van der Waals surface area (Å²) in [6.45, 7) is 3.78. The highest BCUT2D eigenvalue weighted by atomic mass is 19.3. The van der Waals surface area contributed by atoms with E-state index in [9.17, 15) is 28.3 Å². The highest BCUT2D eigenvalue weighted by Crippen LogP contribution is 2.28. The molecule has 2 aromatic carbocycles. The summed E-state index contributed by atoms with van der Waals surface area (Å²) >= 11 is 0. The number of hydrogen-bond donors (Lipinski definition) is 4. The molecule has 2 aliphatic rings. The lowest BCUT2D eigenvalue weighted by atomic mass is 10.0. The second-order valence-electron chi connectivity index (χ2n) is 10.6. The molecule has 42 heavy (non-hydrogen) atoms. The van der Waals surface area contributed by atoms with Gasteiger partial charge in [0.05, 0.1) is 6.54 Å². The van der Waals surface area contributed by atoms with Crippen LogP contribution in [0.25, 0.3) is 0 Å². The Labute approximate surface area is 242 Å². The fraction of sp³-hybridized carbons (Fsp3) is 0.448. The second kappa shape index (κ2) is 13.5. The number of carbonyl (C=O) groups excluding carboxylic acids is 2. The number of carboxylic acid groups (broad SMARTS) is 1. The largest absolute Gasteiger partial charge is 0.480 e. The summed E-state index contributed by atoms with van der Waals surface area (Å²) in [5.74, 6) is -4.03. The predicted octanol–water partition coefficient (Wildman–Crippen LogP) is 3.28. The lowest BCUT2D eigenvalue weighted by molar-refractivity contribution is -0.140. The molecule has 3 unspecified atom stereocenters. The lowest BCUT2D eigenvalue weighted by Crippen LogP contribution is -2.58. The van der Waals surface area contributed by atoms with Gasteiger partial charge in [0.1, 0.15) is 19.2 Å². The van der Waals surface area contributed by atoms with Crippen LogP contribution in [0.2, 0.25) is 0 Å². The van der Waals surface area contributed by atoms with Crippen molar-refractivity contribution in [2.24, 2.45) is 4.99 Å². The molecule has 13 heteroatoms. The number of ether oxygens (including phenoxy) is 1. The molecule has 4 N–H and O–H groups in total. The van der Waals surface area contributed by atoms with E-state index in [1.807, 2.05) is 44.2 Å². The number of anilines is 2. The number of nitrogens with zero attached hydrogens (tertiary/aromatic N) is 3. The number of hydrogen-bond acceptors (Lipinski definition) is 8. The quantitative estimate of drug-likeness (QED) is 0.352. The van der Waals surface area contributed by atoms with E-state index in [-0.39, 0.29) is 43.4 Å². The Hall–Kier alpha value is -4.42. The summed E-state index contributed by atoms with van der Waals surface area (Å²) < 4.78 is 31.9. The highest BCUT2D eigenvalue weighted by Gasteiger charge is 2.34. The molecule has 0 bridgehead atoms. The molecular weight excluding hydrogens is 550 g/mol. The Morgan fingerprint density at radius 3 is 2.48 bits per heavy atom. The summed E-state index contributed by atoms with van der Waals surface area (Å²) in [6.07, 6.45) is -0.992. The van der Waals surface area contributed by atoms with Crippen molar-refractivity contribution in [2.45, 2.75) is 57.3 Å². The van der Waals surface area contributed by atoms with Gasteiger partial charge in [-0.3, -0.25) is 4.79 Å². The molecule has 11 nitrogen and oxygen atoms in total. The Bertz CT molecular complexity index is 1280. The summed E-state index contributed by atoms with van der Waals surface area (Å²) in [6, 6.07) is 15.2. The van der Waals surface area contributed by atoms with Crippen LogP contribution in [0.15, 0.2) is 59.6 Å². The molecule has 2 heterocycles. The molecule has 0 spiro atoms. The number of alkyl halides is 2. The van der Waals surface area contributed by atoms with Crippen LogP contribution in [0.4, 0.5) is 25.0 Å². The number of piperazine rings is 1. The zero-order valence-electron chi connectivity index (χ0n) is 23.6. The first-order valence-electron chi connectivity index (χ1n) is 13.8. The van der Waals surface area contributed by atoms with Gasteiger partial charge in [-0.05, 0) is 44.0 Å². The Kier molecular flexibility index (Phi) is 9.81. The average Bonchev–Trinajstić information content (AvgIpc) is 2.95. The minimum Gasteiger partial charge on any atom is -0.480 e. The summed E-state index contributed by atoms with van der Waals surface area (Å²) in [5, 5.41) is 17.6. The first-order valence-corrected chi connectivity index (χ1v) is 13.8. The maximum atomic E-state index is 13.4. The number of benzene rings is 2. The smallest absolute Gasteiger partial charge is 0.408 e. The maximum Gasteiger partial charge on any atom is 0.408 e. The van der Waals surface area contributed by atoms with Gasteiger partial charge >= 0.3 is 12.1 Å². The van der Waals surface area contributed by atoms with Crippen LogP contribution in [-0.2, 0) is 20.9 Å². The van der Waals surface area contributed by atoms with Gasteiger partial charge in [-0.15, -0.1) is 0 Å². The fourth-order valence-electron chi connectivity index (χ4n) is 5.11. The van der Waals surface area contributed by atoms with Gasteiger partial charge in [0.25, 0.3) is 5.92 Å². The molecular formula is C29H36F2N6O5. The lowest BCUT2D eigenvalue weighted by Gasteiger charge is -2.46. The zero-order chi connectivity index (χ0) is 30.3. The molecule has 1 fully saturated rings. The van der Waals surface area contributed by atoms with E-state index in [4.69, 9.17) is 4.74 Å². The van der Waals surface area contributed by atoms with Crippen molar-refractivity contribution in [3.63, 3.8) is 0 Å². The number of aliphatic imine (C=N–C) groups is 1. The van der Waals surface area contributed by atoms with E-state index < -0.39 is 37.1 Å². The normalized spacial score (nSPS) is 20.5. The van der Waals surface area contributed by atoms with Gasteiger partial charge in [0, 0.05) is 43.0 Å². The fourth-order valence-corrected chi connectivity index (χ4v) is 5.11. The number of alkyl carbamates (subject to hydrolysis) is 1. The third-order valence-corrected chi connectivity index (χ3v) is 7.11. The Morgan fingerprint density at radius 1 is 1.12 bits per heavy atom. The van der Waals surface area contributed by atoms with Crippen molar-refractivity contribution < 1.29 is 33.0 Å². The maximum absolute atomic E-state index is 13.4. The standard InChI is InChI=1S/C29H36F2N6O5/c1-19-14-36(25(38)12-11-24(26(39)40)35-28(41)42-16-21-7-4-3-5-8-21)15-20(2)37(19)23-10-6-9-22(13-23)34-27-32-17-29(30,31)18-33-27/h3-10,13,19-20,24H,11-12,14-18H2,1-2H3,(H,35,41)(H,39,40)(H2,32,33,34). The molecule has 226 valence electrons. The highest BCUT2D eigenvalue weighted by molar-refractivity contribution is 5.94. The van der Waals surface area contributed by atoms with Crippen molar-refractivity contribution in [3.8, 4) is 0 Å². The molecule has 0 radical (unpaired) electrons. The van der Waals surface area contributed by atoms with Crippen LogP contribution in [0, 0.1) is 0 Å². The Morgan fingerprint density at radius 2 is 1.83 bits per heavy atom. The summed E-state index contributed by atoms with van der Waals surface area (Å²) in [5.41, 5.74) is 2.36. The Balaban J connectivity index is 1.29. The van der Waals surface area contributed by atoms with Crippen LogP contribution >= 0.6 is 0 Å². The van der Waals surface area contributed by atoms with E-state index in [1.165, 1.54) is 0 Å². The van der Waals surface area contributed by atoms with Crippen LogP contribution in [0.3, 0.4) is 0 Å². The van der Waals surface area contributed by atoms with E-state index >= 15 is 0 Å². The molecule has 4 rings (SSSR count). The monoisotopic (exact) mass is 586 g/mol. The second-order valence-corrected chi connectivity index (χ2v) is 10.6. The van der Waals surface area contributed by atoms with E-state index in [1.54, 1.807) is 29.2 Å². The molecule has 2 aromatic rings. The number of carbonyl (C=O) groups is 3. The minimum absolute atomic E-state index is 0.00151. The van der Waals surface area contributed by atoms with Gasteiger partial charge in [-0.1, -0.05) is 36.4 Å². The molecule has 2 amide bonds. The van der Waals surface area contributed by atoms with Crippen LogP contribution in [-0.4, -0.2) is 84.2 Å². The van der Waals surface area contributed by atoms with Crippen molar-refractivity contribution >= 4 is 35.3 Å². The van der Waals surface area contributed by atoms with Crippen molar-refractivity contribution in [1.29, 1.82) is 0 Å². The number of amides is 2. The van der Waals surface area contributed by atoms with Gasteiger partial charge in [-0.2, -0.15) is 0 Å². The molecule has 2 aliphatic heterocycles. The number of aliphatic carboxylic acids is 1. The number of guanidine groups is 1. The molecule has 0 aliphatic carbocycles. The minimum atomic E-state index is -2.87. The SMILES string of the molecule is CC1CN(C(=O)CCC(NC(=O)OCc2ccccc2)C(=O)O)CC(C)N1c1cccc(NC2=NCC(F)(F)CN2)c1. The van der Waals surface area contributed by atoms with Crippen LogP contribution in [0.5, 0.6) is 0 Å². The van der Waals surface area contributed by atoms with Gasteiger partial charge < -0.3 is 35.6 Å². The topological polar surface area (TPSA) is 136 Å².